The van der Waals surface area contributed by atoms with Crippen molar-refractivity contribution < 1.29 is 0 Å². The normalized spacial score (nSPS) is 16.7. The van der Waals surface area contributed by atoms with Crippen LogP contribution in [0.5, 0.6) is 0 Å². The highest BCUT2D eigenvalue weighted by molar-refractivity contribution is 6.17. The number of allylic oxidation sites excluding steroid dienone is 3. The van der Waals surface area contributed by atoms with E-state index in [4.69, 9.17) is 9.98 Å². The molecule has 10 aromatic carbocycles. The van der Waals surface area contributed by atoms with Crippen molar-refractivity contribution in [1.29, 1.82) is 0 Å². The van der Waals surface area contributed by atoms with Gasteiger partial charge in [-0.3, -0.25) is 0 Å². The number of rotatable bonds is 10. The molecule has 11 aromatic rings. The van der Waals surface area contributed by atoms with E-state index >= 15 is 0 Å². The zero-order valence-corrected chi connectivity index (χ0v) is 43.8. The van der Waals surface area contributed by atoms with Gasteiger partial charge in [0.2, 0.25) is 0 Å². The molecule has 1 aliphatic carbocycles. The maximum atomic E-state index is 5.81. The van der Waals surface area contributed by atoms with Gasteiger partial charge in [0, 0.05) is 56.7 Å². The molecule has 2 atom stereocenters. The monoisotopic (exact) mass is 1000 g/mol. The summed E-state index contributed by atoms with van der Waals surface area (Å²) in [7, 11) is 0. The third-order valence-electron chi connectivity index (χ3n) is 16.3. The quantitative estimate of drug-likeness (QED) is 0.134. The van der Waals surface area contributed by atoms with E-state index < -0.39 is 0 Å². The van der Waals surface area contributed by atoms with Gasteiger partial charge in [0.15, 0.2) is 5.84 Å². The number of para-hydroxylation sites is 3. The molecule has 0 fully saturated rings. The fourth-order valence-electron chi connectivity index (χ4n) is 12.5. The molecule has 3 aliphatic rings. The van der Waals surface area contributed by atoms with Crippen LogP contribution >= 0.6 is 0 Å². The summed E-state index contributed by atoms with van der Waals surface area (Å²) in [5.41, 5.74) is 22.4. The Hall–Kier alpha value is -9.64. The number of aliphatic imine (C=N–C) groups is 2. The second-order valence-corrected chi connectivity index (χ2v) is 20.9. The van der Waals surface area contributed by atoms with Gasteiger partial charge in [0.1, 0.15) is 0 Å². The summed E-state index contributed by atoms with van der Waals surface area (Å²) in [6.07, 6.45) is 10.6. The molecule has 4 nitrogen and oxygen atoms in total. The summed E-state index contributed by atoms with van der Waals surface area (Å²) >= 11 is 0. The molecule has 0 radical (unpaired) electrons. The van der Waals surface area contributed by atoms with Gasteiger partial charge in [0.05, 0.1) is 33.7 Å². The molecule has 0 saturated carbocycles. The first-order valence-corrected chi connectivity index (χ1v) is 27.3. The Morgan fingerprint density at radius 1 is 0.436 bits per heavy atom. The zero-order valence-electron chi connectivity index (χ0n) is 43.8. The molecule has 0 spiro atoms. The van der Waals surface area contributed by atoms with Gasteiger partial charge in [0.25, 0.3) is 0 Å². The highest BCUT2D eigenvalue weighted by atomic mass is 15.2. The van der Waals surface area contributed by atoms with E-state index in [0.29, 0.717) is 12.3 Å². The van der Waals surface area contributed by atoms with Crippen molar-refractivity contribution >= 4 is 50.4 Å². The maximum absolute atomic E-state index is 5.81. The number of amidine groups is 1. The standard InChI is InChI=1S/C74H56N4/c1-3-50-49-66(53-27-11-6-12-28-53)75-73(59-41-42-69(77-67-37-16-13-33-60(67)61-34-14-17-38-68(61)77)63(48-59)56-30-21-29-54(45-56)51-23-7-4-8-24-51)76-72(50)58-32-22-31-57(46-58)64-47-55(52-25-9-5-10-26-52)40-43-71(64)78-70-39-18-15-35-62(70)65-36-19-20-44-74(65,78)2/h4-48,65H,3,49H2,1-2H3. The van der Waals surface area contributed by atoms with Crippen molar-refractivity contribution in [2.45, 2.75) is 38.1 Å². The molecule has 2 unspecified atom stereocenters. The smallest absolute Gasteiger partial charge is 0.160 e. The molecule has 372 valence electrons. The second-order valence-electron chi connectivity index (χ2n) is 20.9. The van der Waals surface area contributed by atoms with E-state index in [1.54, 1.807) is 0 Å². The van der Waals surface area contributed by atoms with Crippen LogP contribution in [0.4, 0.5) is 11.4 Å². The van der Waals surface area contributed by atoms with Crippen LogP contribution in [0.3, 0.4) is 0 Å². The first-order valence-electron chi connectivity index (χ1n) is 27.3. The third-order valence-corrected chi connectivity index (χ3v) is 16.3. The van der Waals surface area contributed by atoms with Gasteiger partial charge in [-0.2, -0.15) is 0 Å². The summed E-state index contributed by atoms with van der Waals surface area (Å²) < 4.78 is 2.43. The van der Waals surface area contributed by atoms with Crippen molar-refractivity contribution in [3.63, 3.8) is 0 Å². The largest absolute Gasteiger partial charge is 0.330 e. The van der Waals surface area contributed by atoms with E-state index in [1.165, 1.54) is 55.5 Å². The average Bonchev–Trinajstić information content (AvgIpc) is 4.05. The Balaban J connectivity index is 0.968. The Bertz CT molecular complexity index is 4230. The van der Waals surface area contributed by atoms with E-state index in [2.05, 4.69) is 296 Å². The number of hydrogen-bond acceptors (Lipinski definition) is 3. The van der Waals surface area contributed by atoms with Gasteiger partial charge in [-0.05, 0) is 124 Å². The first-order chi connectivity index (χ1) is 38.5. The fraction of sp³-hybridized carbons (Fsp3) is 0.0811. The van der Waals surface area contributed by atoms with Crippen LogP contribution in [0.15, 0.2) is 289 Å². The molecule has 3 heterocycles. The van der Waals surface area contributed by atoms with Crippen molar-refractivity contribution in [1.82, 2.24) is 4.57 Å². The molecule has 0 N–H and O–H groups in total. The third kappa shape index (κ3) is 8.08. The minimum absolute atomic E-state index is 0.214. The lowest BCUT2D eigenvalue weighted by Gasteiger charge is -2.40. The van der Waals surface area contributed by atoms with E-state index in [9.17, 15) is 0 Å². The topological polar surface area (TPSA) is 32.9 Å². The molecule has 0 bridgehead atoms. The fourth-order valence-corrected chi connectivity index (χ4v) is 12.5. The Morgan fingerprint density at radius 2 is 0.962 bits per heavy atom. The van der Waals surface area contributed by atoms with Crippen LogP contribution < -0.4 is 4.90 Å². The van der Waals surface area contributed by atoms with Crippen molar-refractivity contribution in [2.75, 3.05) is 4.90 Å². The molecule has 78 heavy (non-hydrogen) atoms. The summed E-state index contributed by atoms with van der Waals surface area (Å²) in [6.45, 7) is 4.64. The molecular formula is C74H56N4. The van der Waals surface area contributed by atoms with Crippen molar-refractivity contribution in [3.8, 4) is 50.2 Å². The van der Waals surface area contributed by atoms with Crippen LogP contribution in [0, 0.1) is 0 Å². The number of nitrogens with zero attached hydrogens (tertiary/aromatic N) is 4. The predicted molar refractivity (Wildman–Crippen MR) is 328 cm³/mol. The lowest BCUT2D eigenvalue weighted by Crippen LogP contribution is -2.42. The number of benzene rings is 10. The number of anilines is 2. The van der Waals surface area contributed by atoms with E-state index in [-0.39, 0.29) is 11.5 Å². The summed E-state index contributed by atoms with van der Waals surface area (Å²) in [4.78, 5) is 14.0. The van der Waals surface area contributed by atoms with Crippen LogP contribution in [-0.4, -0.2) is 21.7 Å². The highest BCUT2D eigenvalue weighted by Gasteiger charge is 2.47. The second kappa shape index (κ2) is 19.5. The number of aromatic nitrogens is 1. The highest BCUT2D eigenvalue weighted by Crippen LogP contribution is 2.56. The summed E-state index contributed by atoms with van der Waals surface area (Å²) in [5.74, 6) is 0.898. The van der Waals surface area contributed by atoms with E-state index in [1.807, 2.05) is 0 Å². The number of hydrogen-bond donors (Lipinski definition) is 0. The lowest BCUT2D eigenvalue weighted by atomic mass is 9.80. The van der Waals surface area contributed by atoms with Gasteiger partial charge in [-0.15, -0.1) is 0 Å². The van der Waals surface area contributed by atoms with Crippen molar-refractivity contribution in [2.24, 2.45) is 9.98 Å². The molecule has 14 rings (SSSR count). The maximum Gasteiger partial charge on any atom is 0.160 e. The molecule has 0 saturated heterocycles. The summed E-state index contributed by atoms with van der Waals surface area (Å²) in [5, 5.41) is 2.45. The molecule has 2 aliphatic heterocycles. The zero-order chi connectivity index (χ0) is 52.2. The minimum atomic E-state index is -0.304. The molecule has 1 aromatic heterocycles. The van der Waals surface area contributed by atoms with Crippen LogP contribution in [0.1, 0.15) is 54.9 Å². The first kappa shape index (κ1) is 46.9. The average molecular weight is 1000 g/mol. The Labute approximate surface area is 456 Å². The van der Waals surface area contributed by atoms with Crippen LogP contribution in [-0.2, 0) is 0 Å². The van der Waals surface area contributed by atoms with Gasteiger partial charge < -0.3 is 9.47 Å². The predicted octanol–water partition coefficient (Wildman–Crippen LogP) is 19.0. The Morgan fingerprint density at radius 3 is 1.65 bits per heavy atom. The molecule has 0 amide bonds. The van der Waals surface area contributed by atoms with Crippen molar-refractivity contribution in [3.05, 3.63) is 301 Å². The minimum Gasteiger partial charge on any atom is -0.330 e. The van der Waals surface area contributed by atoms with Gasteiger partial charge >= 0.3 is 0 Å². The van der Waals surface area contributed by atoms with Gasteiger partial charge in [-0.1, -0.05) is 219 Å². The molecule has 4 heteroatoms. The Kier molecular flexibility index (Phi) is 11.7. The molecular weight excluding hydrogens is 945 g/mol. The SMILES string of the molecule is CCC1=C(c2cccc(-c3cc(-c4ccccc4)ccc3N3c4ccccc4C4C=CC=CC43C)c2)N=C(c2ccc(-n3c4ccccc4c4ccccc43)c(-c3cccc(-c4ccccc4)c3)c2)N=C(c2ccccc2)C1. The lowest BCUT2D eigenvalue weighted by molar-refractivity contribution is 0.542. The summed E-state index contributed by atoms with van der Waals surface area (Å²) in [6, 6.07) is 90.5. The van der Waals surface area contributed by atoms with Gasteiger partial charge in [-0.25, -0.2) is 9.98 Å². The van der Waals surface area contributed by atoms with Crippen LogP contribution in [0.2, 0.25) is 0 Å². The number of fused-ring (bicyclic) bond motifs is 6. The van der Waals surface area contributed by atoms with E-state index in [0.717, 1.165) is 73.5 Å². The van der Waals surface area contributed by atoms with Crippen LogP contribution in [0.25, 0.3) is 77.7 Å².